The fourth-order valence-corrected chi connectivity index (χ4v) is 1.09. The highest BCUT2D eigenvalue weighted by atomic mass is 16.5. The van der Waals surface area contributed by atoms with Crippen LogP contribution in [0.25, 0.3) is 11.5 Å². The Balaban J connectivity index is 2.37. The Kier molecular flexibility index (Phi) is 2.21. The third-order valence-electron chi connectivity index (χ3n) is 1.86. The van der Waals surface area contributed by atoms with Gasteiger partial charge in [-0.05, 0) is 24.3 Å². The SMILES string of the molecule is CC(=O)c1noc(-c2ccc(O)cc2)n1. The van der Waals surface area contributed by atoms with Crippen LogP contribution < -0.4 is 0 Å². The number of ketones is 1. The summed E-state index contributed by atoms with van der Waals surface area (Å²) in [6, 6.07) is 6.28. The zero-order valence-electron chi connectivity index (χ0n) is 7.97. The minimum Gasteiger partial charge on any atom is -0.508 e. The molecule has 2 rings (SSSR count). The number of aromatic nitrogens is 2. The number of Topliss-reactive ketones (excluding diaryl/α,β-unsaturated/α-hetero) is 1. The lowest BCUT2D eigenvalue weighted by Crippen LogP contribution is -1.93. The molecule has 0 saturated heterocycles. The van der Waals surface area contributed by atoms with Gasteiger partial charge in [-0.1, -0.05) is 5.16 Å². The molecule has 0 fully saturated rings. The summed E-state index contributed by atoms with van der Waals surface area (Å²) in [5.41, 5.74) is 0.660. The number of phenolic OH excluding ortho intramolecular Hbond substituents is 1. The van der Waals surface area contributed by atoms with Gasteiger partial charge in [0.05, 0.1) is 0 Å². The van der Waals surface area contributed by atoms with Gasteiger partial charge in [-0.2, -0.15) is 4.98 Å². The van der Waals surface area contributed by atoms with E-state index in [1.54, 1.807) is 12.1 Å². The largest absolute Gasteiger partial charge is 0.508 e. The maximum Gasteiger partial charge on any atom is 0.258 e. The van der Waals surface area contributed by atoms with Crippen molar-refractivity contribution in [3.05, 3.63) is 30.1 Å². The highest BCUT2D eigenvalue weighted by Gasteiger charge is 2.11. The summed E-state index contributed by atoms with van der Waals surface area (Å²) in [5.74, 6) is 0.229. The van der Waals surface area contributed by atoms with E-state index in [9.17, 15) is 4.79 Å². The molecule has 0 saturated carbocycles. The van der Waals surface area contributed by atoms with Crippen LogP contribution >= 0.6 is 0 Å². The number of carbonyl (C=O) groups excluding carboxylic acids is 1. The van der Waals surface area contributed by atoms with E-state index in [1.807, 2.05) is 0 Å². The molecule has 0 radical (unpaired) electrons. The number of nitrogens with zero attached hydrogens (tertiary/aromatic N) is 2. The lowest BCUT2D eigenvalue weighted by Gasteiger charge is -1.93. The number of hydrogen-bond donors (Lipinski definition) is 1. The molecule has 0 unspecified atom stereocenters. The normalized spacial score (nSPS) is 10.2. The summed E-state index contributed by atoms with van der Waals surface area (Å²) in [4.78, 5) is 14.8. The minimum atomic E-state index is -0.247. The number of aromatic hydroxyl groups is 1. The van der Waals surface area contributed by atoms with Gasteiger partial charge >= 0.3 is 0 Å². The molecule has 0 bridgehead atoms. The van der Waals surface area contributed by atoms with Crippen molar-refractivity contribution < 1.29 is 14.4 Å². The van der Waals surface area contributed by atoms with Gasteiger partial charge in [0.1, 0.15) is 5.75 Å². The molecular weight excluding hydrogens is 196 g/mol. The zero-order valence-corrected chi connectivity index (χ0v) is 7.97. The summed E-state index contributed by atoms with van der Waals surface area (Å²) >= 11 is 0. The Bertz CT molecular complexity index is 488. The van der Waals surface area contributed by atoms with Gasteiger partial charge in [0.25, 0.3) is 5.89 Å². The van der Waals surface area contributed by atoms with Crippen LogP contribution in [-0.4, -0.2) is 21.0 Å². The van der Waals surface area contributed by atoms with Crippen LogP contribution in [0.5, 0.6) is 5.75 Å². The molecule has 0 aliphatic heterocycles. The van der Waals surface area contributed by atoms with E-state index in [0.29, 0.717) is 5.56 Å². The van der Waals surface area contributed by atoms with E-state index in [4.69, 9.17) is 9.63 Å². The average Bonchev–Trinajstić information content (AvgIpc) is 2.68. The van der Waals surface area contributed by atoms with Crippen LogP contribution in [0.1, 0.15) is 17.5 Å². The van der Waals surface area contributed by atoms with Crippen LogP contribution in [-0.2, 0) is 0 Å². The van der Waals surface area contributed by atoms with Crippen molar-refractivity contribution in [1.82, 2.24) is 10.1 Å². The number of rotatable bonds is 2. The van der Waals surface area contributed by atoms with Gasteiger partial charge in [-0.15, -0.1) is 0 Å². The van der Waals surface area contributed by atoms with E-state index in [-0.39, 0.29) is 23.2 Å². The van der Waals surface area contributed by atoms with Gasteiger partial charge in [0.2, 0.25) is 11.6 Å². The van der Waals surface area contributed by atoms with Crippen LogP contribution in [0.3, 0.4) is 0 Å². The lowest BCUT2D eigenvalue weighted by atomic mass is 10.2. The van der Waals surface area contributed by atoms with Crippen molar-refractivity contribution in [2.75, 3.05) is 0 Å². The number of hydrogen-bond acceptors (Lipinski definition) is 5. The van der Waals surface area contributed by atoms with Gasteiger partial charge < -0.3 is 9.63 Å². The first-order chi connectivity index (χ1) is 7.16. The van der Waals surface area contributed by atoms with Crippen molar-refractivity contribution in [3.8, 4) is 17.2 Å². The minimum absolute atomic E-state index is 0.0538. The van der Waals surface area contributed by atoms with E-state index in [2.05, 4.69) is 10.1 Å². The molecule has 1 aromatic carbocycles. The fourth-order valence-electron chi connectivity index (χ4n) is 1.09. The van der Waals surface area contributed by atoms with Crippen molar-refractivity contribution in [2.24, 2.45) is 0 Å². The highest BCUT2D eigenvalue weighted by Crippen LogP contribution is 2.19. The number of phenols is 1. The Hall–Kier alpha value is -2.17. The van der Waals surface area contributed by atoms with Crippen molar-refractivity contribution in [1.29, 1.82) is 0 Å². The standard InChI is InChI=1S/C10H8N2O3/c1-6(13)9-11-10(15-12-9)7-2-4-8(14)5-3-7/h2-5,14H,1H3. The second-order valence-electron chi connectivity index (χ2n) is 3.03. The zero-order chi connectivity index (χ0) is 10.8. The monoisotopic (exact) mass is 204 g/mol. The molecule has 15 heavy (non-hydrogen) atoms. The van der Waals surface area contributed by atoms with Crippen molar-refractivity contribution in [3.63, 3.8) is 0 Å². The smallest absolute Gasteiger partial charge is 0.258 e. The van der Waals surface area contributed by atoms with E-state index in [1.165, 1.54) is 19.1 Å². The first kappa shape index (κ1) is 9.39. The Morgan fingerprint density at radius 2 is 2.00 bits per heavy atom. The molecule has 1 aromatic heterocycles. The summed E-state index contributed by atoms with van der Waals surface area (Å²) in [6.45, 7) is 1.37. The first-order valence-corrected chi connectivity index (χ1v) is 4.31. The van der Waals surface area contributed by atoms with E-state index < -0.39 is 0 Å². The van der Waals surface area contributed by atoms with Crippen molar-refractivity contribution in [2.45, 2.75) is 6.92 Å². The quantitative estimate of drug-likeness (QED) is 0.752. The number of carbonyl (C=O) groups is 1. The highest BCUT2D eigenvalue weighted by molar-refractivity contribution is 5.90. The molecule has 0 aliphatic carbocycles. The molecule has 1 N–H and O–H groups in total. The van der Waals surface area contributed by atoms with Gasteiger partial charge in [0.15, 0.2) is 0 Å². The molecule has 5 heteroatoms. The Morgan fingerprint density at radius 1 is 1.33 bits per heavy atom. The third-order valence-corrected chi connectivity index (χ3v) is 1.86. The van der Waals surface area contributed by atoms with Crippen LogP contribution in [0.2, 0.25) is 0 Å². The average molecular weight is 204 g/mol. The fraction of sp³-hybridized carbons (Fsp3) is 0.100. The molecule has 76 valence electrons. The maximum atomic E-state index is 10.9. The second kappa shape index (κ2) is 3.53. The third kappa shape index (κ3) is 1.85. The molecule has 0 amide bonds. The second-order valence-corrected chi connectivity index (χ2v) is 3.03. The number of benzene rings is 1. The van der Waals surface area contributed by atoms with Gasteiger partial charge in [-0.3, -0.25) is 4.79 Å². The first-order valence-electron chi connectivity index (χ1n) is 4.31. The van der Waals surface area contributed by atoms with Crippen LogP contribution in [0.4, 0.5) is 0 Å². The summed E-state index contributed by atoms with van der Waals surface area (Å²) in [7, 11) is 0. The van der Waals surface area contributed by atoms with Crippen LogP contribution in [0.15, 0.2) is 28.8 Å². The van der Waals surface area contributed by atoms with E-state index >= 15 is 0 Å². The summed E-state index contributed by atoms with van der Waals surface area (Å²) in [6.07, 6.45) is 0. The summed E-state index contributed by atoms with van der Waals surface area (Å²) < 4.78 is 4.89. The Labute approximate surface area is 85.4 Å². The Morgan fingerprint density at radius 3 is 2.53 bits per heavy atom. The van der Waals surface area contributed by atoms with Gasteiger partial charge in [0, 0.05) is 12.5 Å². The predicted octanol–water partition coefficient (Wildman–Crippen LogP) is 1.64. The maximum absolute atomic E-state index is 10.9. The molecule has 0 aliphatic rings. The van der Waals surface area contributed by atoms with Crippen molar-refractivity contribution >= 4 is 5.78 Å². The van der Waals surface area contributed by atoms with E-state index in [0.717, 1.165) is 0 Å². The molecule has 0 atom stereocenters. The molecule has 0 spiro atoms. The van der Waals surface area contributed by atoms with Crippen LogP contribution in [0, 0.1) is 0 Å². The predicted molar refractivity (Wildman–Crippen MR) is 51.4 cm³/mol. The lowest BCUT2D eigenvalue weighted by molar-refractivity contribution is 0.100. The summed E-state index contributed by atoms with van der Waals surface area (Å²) in [5, 5.41) is 12.6. The molecule has 1 heterocycles. The molecular formula is C10H8N2O3. The van der Waals surface area contributed by atoms with Gasteiger partial charge in [-0.25, -0.2) is 0 Å². The molecule has 2 aromatic rings. The molecule has 5 nitrogen and oxygen atoms in total. The topological polar surface area (TPSA) is 76.2 Å².